The largest absolute Gasteiger partial charge is 0.494 e. The Labute approximate surface area is 253 Å². The van der Waals surface area contributed by atoms with E-state index in [1.165, 1.54) is 12.1 Å². The Balaban J connectivity index is 1.42. The molecule has 0 unspecified atom stereocenters. The van der Waals surface area contributed by atoms with Gasteiger partial charge in [0.2, 0.25) is 16.6 Å². The van der Waals surface area contributed by atoms with Crippen molar-refractivity contribution in [2.45, 2.75) is 80.9 Å². The lowest BCUT2D eigenvalue weighted by molar-refractivity contribution is -0.0770. The van der Waals surface area contributed by atoms with E-state index in [1.807, 2.05) is 38.1 Å². The molecule has 5 rings (SSSR count). The summed E-state index contributed by atoms with van der Waals surface area (Å²) in [5.41, 5.74) is 7.30. The van der Waals surface area contributed by atoms with E-state index in [0.717, 1.165) is 36.8 Å². The fourth-order valence-electron chi connectivity index (χ4n) is 6.17. The van der Waals surface area contributed by atoms with Crippen molar-refractivity contribution in [1.29, 1.82) is 0 Å². The number of aryl methyl sites for hydroxylation is 1. The van der Waals surface area contributed by atoms with E-state index >= 15 is 0 Å². The molecule has 0 amide bonds. The van der Waals surface area contributed by atoms with E-state index in [-0.39, 0.29) is 30.6 Å². The van der Waals surface area contributed by atoms with E-state index in [0.29, 0.717) is 30.3 Å². The number of fused-ring (bicyclic) bond motifs is 1. The van der Waals surface area contributed by atoms with E-state index in [2.05, 4.69) is 6.92 Å². The van der Waals surface area contributed by atoms with E-state index in [9.17, 15) is 12.8 Å². The van der Waals surface area contributed by atoms with Crippen LogP contribution in [-0.4, -0.2) is 50.1 Å². The van der Waals surface area contributed by atoms with Gasteiger partial charge in [-0.2, -0.15) is 0 Å². The number of hydrogen-bond acceptors (Lipinski definition) is 8. The number of ether oxygens (including phenoxy) is 4. The second kappa shape index (κ2) is 12.8. The first-order valence-electron chi connectivity index (χ1n) is 14.9. The van der Waals surface area contributed by atoms with Gasteiger partial charge in [0.25, 0.3) is 0 Å². The highest BCUT2D eigenvalue weighted by Crippen LogP contribution is 2.49. The number of unbranched alkanes of at least 4 members (excludes halogenated alkanes) is 1. The maximum atomic E-state index is 14.8. The van der Waals surface area contributed by atoms with Crippen LogP contribution in [0.4, 0.5) is 4.39 Å². The van der Waals surface area contributed by atoms with Crippen LogP contribution in [0.25, 0.3) is 0 Å². The summed E-state index contributed by atoms with van der Waals surface area (Å²) >= 11 is 0. The minimum absolute atomic E-state index is 0.00530. The van der Waals surface area contributed by atoms with E-state index in [4.69, 9.17) is 24.7 Å². The van der Waals surface area contributed by atoms with Gasteiger partial charge in [-0.1, -0.05) is 44.0 Å². The van der Waals surface area contributed by atoms with Crippen molar-refractivity contribution in [3.8, 4) is 17.2 Å². The molecule has 0 aromatic heterocycles. The molecule has 0 radical (unpaired) electrons. The minimum Gasteiger partial charge on any atom is -0.494 e. The molecule has 2 atom stereocenters. The van der Waals surface area contributed by atoms with Gasteiger partial charge in [0.05, 0.1) is 17.6 Å². The smallest absolute Gasteiger partial charge is 0.231 e. The highest BCUT2D eigenvalue weighted by molar-refractivity contribution is 7.92. The Hall–Kier alpha value is -3.18. The van der Waals surface area contributed by atoms with Gasteiger partial charge in [0.15, 0.2) is 16.4 Å². The Bertz CT molecular complexity index is 1500. The van der Waals surface area contributed by atoms with Gasteiger partial charge in [0, 0.05) is 19.2 Å². The molecule has 0 spiro atoms. The zero-order valence-corrected chi connectivity index (χ0v) is 25.9. The van der Waals surface area contributed by atoms with Crippen molar-refractivity contribution in [3.63, 3.8) is 0 Å². The molecule has 2 heterocycles. The molecule has 232 valence electrons. The summed E-state index contributed by atoms with van der Waals surface area (Å²) in [7, 11) is -4.06. The van der Waals surface area contributed by atoms with Crippen LogP contribution in [0.5, 0.6) is 17.2 Å². The monoisotopic (exact) mass is 612 g/mol. The summed E-state index contributed by atoms with van der Waals surface area (Å²) in [5.74, 6) is 1.36. The van der Waals surface area contributed by atoms with Gasteiger partial charge in [-0.3, -0.25) is 0 Å². The fraction of sp³-hybridized carbons (Fsp3) is 0.455. The van der Waals surface area contributed by atoms with Gasteiger partial charge in [-0.05, 0) is 80.6 Å². The van der Waals surface area contributed by atoms with Crippen molar-refractivity contribution >= 4 is 9.84 Å². The second-order valence-corrected chi connectivity index (χ2v) is 13.8. The molecule has 2 aliphatic heterocycles. The van der Waals surface area contributed by atoms with Gasteiger partial charge in [0.1, 0.15) is 17.3 Å². The molecule has 0 bridgehead atoms. The van der Waals surface area contributed by atoms with Crippen LogP contribution in [0, 0.1) is 5.82 Å². The highest BCUT2D eigenvalue weighted by atomic mass is 32.2. The van der Waals surface area contributed by atoms with Crippen molar-refractivity contribution in [2.24, 2.45) is 5.73 Å². The van der Waals surface area contributed by atoms with Crippen LogP contribution in [0.2, 0.25) is 0 Å². The number of rotatable bonds is 13. The van der Waals surface area contributed by atoms with Crippen molar-refractivity contribution in [3.05, 3.63) is 83.7 Å². The zero-order chi connectivity index (χ0) is 30.7. The van der Waals surface area contributed by atoms with Gasteiger partial charge < -0.3 is 24.7 Å². The lowest BCUT2D eigenvalue weighted by Gasteiger charge is -2.42. The first-order valence-corrected chi connectivity index (χ1v) is 16.3. The van der Waals surface area contributed by atoms with Crippen LogP contribution in [0.3, 0.4) is 0 Å². The maximum absolute atomic E-state index is 14.8. The fourth-order valence-corrected chi connectivity index (χ4v) is 8.54. The first kappa shape index (κ1) is 31.3. The molecule has 1 fully saturated rings. The number of sulfone groups is 1. The van der Waals surface area contributed by atoms with Gasteiger partial charge in [-0.25, -0.2) is 17.7 Å². The summed E-state index contributed by atoms with van der Waals surface area (Å²) in [6, 6.07) is 18.8. The zero-order valence-electron chi connectivity index (χ0n) is 25.1. The van der Waals surface area contributed by atoms with Gasteiger partial charge in [-0.15, -0.1) is 0 Å². The van der Waals surface area contributed by atoms with E-state index < -0.39 is 26.5 Å². The molecule has 10 heteroatoms. The summed E-state index contributed by atoms with van der Waals surface area (Å²) in [6.07, 6.45) is 3.38. The van der Waals surface area contributed by atoms with E-state index in [1.54, 1.807) is 35.2 Å². The molecule has 1 saturated heterocycles. The molecular formula is C33H41FN2O6S. The Kier molecular flexibility index (Phi) is 9.31. The number of nitrogens with two attached hydrogens (primary N) is 1. The van der Waals surface area contributed by atoms with Crippen molar-refractivity contribution in [2.75, 3.05) is 20.1 Å². The average molecular weight is 613 g/mol. The summed E-state index contributed by atoms with van der Waals surface area (Å²) in [5, 5.41) is 0. The molecule has 2 N–H and O–H groups in total. The quantitative estimate of drug-likeness (QED) is 0.241. The Morgan fingerprint density at radius 1 is 0.977 bits per heavy atom. The number of halogens is 1. The van der Waals surface area contributed by atoms with Crippen LogP contribution >= 0.6 is 0 Å². The molecule has 2 aliphatic rings. The lowest BCUT2D eigenvalue weighted by Crippen LogP contribution is -2.62. The molecule has 8 nitrogen and oxygen atoms in total. The topological polar surface area (TPSA) is 100 Å². The normalized spacial score (nSPS) is 21.3. The first-order chi connectivity index (χ1) is 20.6. The van der Waals surface area contributed by atoms with Crippen LogP contribution in [0.1, 0.15) is 57.6 Å². The number of nitrogens with zero attached hydrogens (tertiary/aromatic N) is 1. The third kappa shape index (κ3) is 6.24. The number of hydrogen-bond donors (Lipinski definition) is 1. The third-order valence-corrected chi connectivity index (χ3v) is 10.8. The molecule has 3 aromatic rings. The summed E-state index contributed by atoms with van der Waals surface area (Å²) < 4.78 is 66.3. The molecule has 43 heavy (non-hydrogen) atoms. The van der Waals surface area contributed by atoms with Crippen molar-refractivity contribution in [1.82, 2.24) is 4.90 Å². The molecular weight excluding hydrogens is 571 g/mol. The molecule has 0 saturated carbocycles. The Morgan fingerprint density at radius 3 is 2.37 bits per heavy atom. The predicted octanol–water partition coefficient (Wildman–Crippen LogP) is 5.82. The Morgan fingerprint density at radius 2 is 1.67 bits per heavy atom. The SMILES string of the molecule is CCCC[C@H]1OC(C)(C)N(CN)[C@@]1(Cc1ccc(OCCCc2ccc(F)cc2)cc1)S(=O)(=O)c1ccc2c(c1)OCO2. The van der Waals surface area contributed by atoms with Crippen LogP contribution in [-0.2, 0) is 27.4 Å². The van der Waals surface area contributed by atoms with Crippen LogP contribution < -0.4 is 19.9 Å². The predicted molar refractivity (Wildman–Crippen MR) is 162 cm³/mol. The van der Waals surface area contributed by atoms with Crippen LogP contribution in [0.15, 0.2) is 71.6 Å². The minimum atomic E-state index is -4.06. The average Bonchev–Trinajstić information content (AvgIpc) is 3.55. The molecule has 3 aromatic carbocycles. The molecule has 0 aliphatic carbocycles. The second-order valence-electron chi connectivity index (χ2n) is 11.6. The maximum Gasteiger partial charge on any atom is 0.231 e. The summed E-state index contributed by atoms with van der Waals surface area (Å²) in [6.45, 7) is 6.37. The standard InChI is InChI=1S/C33H41FN2O6S/c1-4-5-8-31-33(36(22-35)32(2,3)42-31,43(37,38)28-17-18-29-30(20-28)41-23-40-29)21-25-11-15-27(16-12-25)39-19-6-7-24-9-13-26(34)14-10-24/h9-18,20,31H,4-8,19,21-23,35H2,1-3H3/t31-,33+/m1/s1. The van der Waals surface area contributed by atoms with Gasteiger partial charge >= 0.3 is 0 Å². The summed E-state index contributed by atoms with van der Waals surface area (Å²) in [4.78, 5) is 0.463. The lowest BCUT2D eigenvalue weighted by atomic mass is 9.96. The number of benzene rings is 3. The third-order valence-electron chi connectivity index (χ3n) is 8.34. The van der Waals surface area contributed by atoms with Crippen molar-refractivity contribution < 1.29 is 31.8 Å². The highest BCUT2D eigenvalue weighted by Gasteiger charge is 2.64.